The van der Waals surface area contributed by atoms with E-state index in [2.05, 4.69) is 15.2 Å². The lowest BCUT2D eigenvalue weighted by Crippen LogP contribution is -2.09. The number of carboxylic acid groups (broad SMARTS) is 1. The Morgan fingerprint density at radius 2 is 2.17 bits per heavy atom. The molecule has 0 spiro atoms. The zero-order valence-corrected chi connectivity index (χ0v) is 9.43. The van der Waals surface area contributed by atoms with E-state index in [-0.39, 0.29) is 17.1 Å². The van der Waals surface area contributed by atoms with Crippen molar-refractivity contribution in [1.82, 2.24) is 24.5 Å². The molecule has 0 saturated heterocycles. The molecule has 10 heteroatoms. The van der Waals surface area contributed by atoms with Gasteiger partial charge in [0.1, 0.15) is 5.56 Å². The molecule has 0 radical (unpaired) electrons. The maximum Gasteiger partial charge on any atom is 0.491 e. The van der Waals surface area contributed by atoms with Crippen LogP contribution in [0.25, 0.3) is 5.82 Å². The number of hydrogen-bond donors (Lipinski definition) is 1. The Morgan fingerprint density at radius 1 is 1.50 bits per heavy atom. The third kappa shape index (κ3) is 1.69. The maximum atomic E-state index is 11.1. The summed E-state index contributed by atoms with van der Waals surface area (Å²) in [4.78, 5) is 24.3. The van der Waals surface area contributed by atoms with Gasteiger partial charge in [-0.2, -0.15) is 5.10 Å². The van der Waals surface area contributed by atoms with Crippen LogP contribution in [0.4, 0.5) is 5.95 Å². The van der Waals surface area contributed by atoms with Gasteiger partial charge < -0.3 is 15.2 Å². The molecule has 2 aromatic heterocycles. The first-order valence-electron chi connectivity index (χ1n) is 4.75. The van der Waals surface area contributed by atoms with Crippen molar-refractivity contribution in [3.05, 3.63) is 27.7 Å². The number of aromatic carboxylic acids is 1. The smallest absolute Gasteiger partial charge is 0.477 e. The Morgan fingerprint density at radius 3 is 2.67 bits per heavy atom. The molecule has 0 aliphatic heterocycles. The zero-order valence-electron chi connectivity index (χ0n) is 9.43. The normalized spacial score (nSPS) is 10.6. The fraction of sp³-hybridized carbons (Fsp3) is 0.250. The summed E-state index contributed by atoms with van der Waals surface area (Å²) in [7, 11) is 1.52. The molecule has 1 N–H and O–H groups in total. The van der Waals surface area contributed by atoms with Crippen molar-refractivity contribution < 1.29 is 14.8 Å². The molecule has 0 amide bonds. The molecule has 0 saturated carbocycles. The summed E-state index contributed by atoms with van der Waals surface area (Å²) in [5.74, 6) is -1.68. The van der Waals surface area contributed by atoms with Gasteiger partial charge in [0.2, 0.25) is 6.33 Å². The van der Waals surface area contributed by atoms with E-state index < -0.39 is 16.8 Å². The molecule has 10 nitrogen and oxygen atoms in total. The topological polar surface area (TPSA) is 129 Å². The largest absolute Gasteiger partial charge is 0.491 e. The second kappa shape index (κ2) is 3.91. The third-order valence-electron chi connectivity index (χ3n) is 2.27. The van der Waals surface area contributed by atoms with Gasteiger partial charge in [0, 0.05) is 12.1 Å². The van der Waals surface area contributed by atoms with Gasteiger partial charge in [0.25, 0.3) is 0 Å². The molecule has 0 aliphatic rings. The van der Waals surface area contributed by atoms with Crippen molar-refractivity contribution in [2.24, 2.45) is 7.05 Å². The first-order chi connectivity index (χ1) is 8.41. The monoisotopic (exact) mass is 252 g/mol. The average Bonchev–Trinajstić information content (AvgIpc) is 2.81. The minimum atomic E-state index is -1.19. The van der Waals surface area contributed by atoms with Crippen molar-refractivity contribution in [3.8, 4) is 5.82 Å². The summed E-state index contributed by atoms with van der Waals surface area (Å²) in [5.41, 5.74) is 0.218. The van der Waals surface area contributed by atoms with Crippen LogP contribution in [0.5, 0.6) is 0 Å². The molecule has 0 aliphatic carbocycles. The number of carbonyl (C=O) groups is 1. The Labute approximate surface area is 99.6 Å². The summed E-state index contributed by atoms with van der Waals surface area (Å²) >= 11 is 0. The van der Waals surface area contributed by atoms with E-state index in [0.717, 1.165) is 11.0 Å². The van der Waals surface area contributed by atoms with E-state index in [1.54, 1.807) is 0 Å². The van der Waals surface area contributed by atoms with E-state index in [1.165, 1.54) is 18.7 Å². The predicted octanol–water partition coefficient (Wildman–Crippen LogP) is -0.0844. The summed E-state index contributed by atoms with van der Waals surface area (Å²) in [6, 6.07) is 0. The van der Waals surface area contributed by atoms with Crippen molar-refractivity contribution in [2.75, 3.05) is 0 Å². The molecule has 18 heavy (non-hydrogen) atoms. The van der Waals surface area contributed by atoms with E-state index >= 15 is 0 Å². The fourth-order valence-corrected chi connectivity index (χ4v) is 1.60. The molecule has 0 bridgehead atoms. The van der Waals surface area contributed by atoms with E-state index in [4.69, 9.17) is 5.11 Å². The average molecular weight is 252 g/mol. The predicted molar refractivity (Wildman–Crippen MR) is 56.5 cm³/mol. The highest BCUT2D eigenvalue weighted by molar-refractivity contribution is 5.92. The van der Waals surface area contributed by atoms with Crippen LogP contribution in [0.15, 0.2) is 6.33 Å². The third-order valence-corrected chi connectivity index (χ3v) is 2.27. The lowest BCUT2D eigenvalue weighted by molar-refractivity contribution is -0.394. The Bertz CT molecular complexity index is 642. The number of nitrogens with zero attached hydrogens (tertiary/aromatic N) is 6. The van der Waals surface area contributed by atoms with Gasteiger partial charge in [-0.1, -0.05) is 4.98 Å². The molecule has 0 atom stereocenters. The molecule has 94 valence electrons. The first kappa shape index (κ1) is 11.7. The molecular formula is C8H8N6O4. The molecule has 2 aromatic rings. The Balaban J connectivity index is 2.62. The summed E-state index contributed by atoms with van der Waals surface area (Å²) in [5, 5.41) is 27.1. The lowest BCUT2D eigenvalue weighted by Gasteiger charge is -1.98. The Hall–Kier alpha value is -2.78. The van der Waals surface area contributed by atoms with Crippen molar-refractivity contribution in [1.29, 1.82) is 0 Å². The molecule has 0 aromatic carbocycles. The summed E-state index contributed by atoms with van der Waals surface area (Å²) in [6.07, 6.45) is 1.07. The van der Waals surface area contributed by atoms with Gasteiger partial charge in [-0.3, -0.25) is 0 Å². The van der Waals surface area contributed by atoms with Crippen LogP contribution in [-0.4, -0.2) is 40.5 Å². The number of nitro groups is 1. The summed E-state index contributed by atoms with van der Waals surface area (Å²) < 4.78 is 2.29. The zero-order chi connectivity index (χ0) is 13.4. The minimum absolute atomic E-state index is 0.0719. The lowest BCUT2D eigenvalue weighted by atomic mass is 10.2. The molecule has 0 unspecified atom stereocenters. The quantitative estimate of drug-likeness (QED) is 0.597. The number of carboxylic acids is 1. The van der Waals surface area contributed by atoms with Crippen LogP contribution in [0, 0.1) is 17.0 Å². The molecule has 0 fully saturated rings. The van der Waals surface area contributed by atoms with E-state index in [9.17, 15) is 14.9 Å². The standard InChI is InChI=1S/C8H8N6O4/c1-4-5(7(15)16)6(12(2)10-4)13-3-9-8(11-13)14(17)18/h3H,1-2H3,(H,15,16). The van der Waals surface area contributed by atoms with Gasteiger partial charge in [0.15, 0.2) is 5.82 Å². The summed E-state index contributed by atoms with van der Waals surface area (Å²) in [6.45, 7) is 1.53. The van der Waals surface area contributed by atoms with Crippen molar-refractivity contribution in [3.63, 3.8) is 0 Å². The van der Waals surface area contributed by atoms with Crippen LogP contribution in [0.2, 0.25) is 0 Å². The van der Waals surface area contributed by atoms with Gasteiger partial charge in [-0.15, -0.1) is 4.68 Å². The highest BCUT2D eigenvalue weighted by atomic mass is 16.6. The second-order valence-electron chi connectivity index (χ2n) is 3.46. The van der Waals surface area contributed by atoms with E-state index in [1.807, 2.05) is 0 Å². The van der Waals surface area contributed by atoms with Crippen molar-refractivity contribution >= 4 is 11.9 Å². The molecular weight excluding hydrogens is 244 g/mol. The number of hydrogen-bond acceptors (Lipinski definition) is 6. The molecule has 2 heterocycles. The molecule has 2 rings (SSSR count). The minimum Gasteiger partial charge on any atom is -0.477 e. The SMILES string of the molecule is Cc1nn(C)c(-n2cnc([N+](=O)[O-])n2)c1C(=O)O. The van der Waals surface area contributed by atoms with Gasteiger partial charge in [-0.05, 0) is 11.8 Å². The van der Waals surface area contributed by atoms with E-state index in [0.29, 0.717) is 0 Å². The highest BCUT2D eigenvalue weighted by Gasteiger charge is 2.25. The van der Waals surface area contributed by atoms with Crippen LogP contribution in [0.3, 0.4) is 0 Å². The Kier molecular flexibility index (Phi) is 2.54. The fourth-order valence-electron chi connectivity index (χ4n) is 1.60. The van der Waals surface area contributed by atoms with Crippen LogP contribution >= 0.6 is 0 Å². The highest BCUT2D eigenvalue weighted by Crippen LogP contribution is 2.17. The number of aryl methyl sites for hydroxylation is 2. The van der Waals surface area contributed by atoms with Gasteiger partial charge in [0.05, 0.1) is 5.69 Å². The van der Waals surface area contributed by atoms with Gasteiger partial charge >= 0.3 is 11.9 Å². The second-order valence-corrected chi connectivity index (χ2v) is 3.46. The number of rotatable bonds is 3. The maximum absolute atomic E-state index is 11.1. The van der Waals surface area contributed by atoms with Crippen LogP contribution in [-0.2, 0) is 7.05 Å². The van der Waals surface area contributed by atoms with Crippen LogP contribution < -0.4 is 0 Å². The van der Waals surface area contributed by atoms with Crippen LogP contribution in [0.1, 0.15) is 16.1 Å². The number of aromatic nitrogens is 5. The van der Waals surface area contributed by atoms with Gasteiger partial charge in [-0.25, -0.2) is 9.48 Å². The first-order valence-corrected chi connectivity index (χ1v) is 4.75. The van der Waals surface area contributed by atoms with Crippen molar-refractivity contribution in [2.45, 2.75) is 6.92 Å².